The highest BCUT2D eigenvalue weighted by Gasteiger charge is 2.23. The maximum absolute atomic E-state index is 12.9. The van der Waals surface area contributed by atoms with Crippen LogP contribution in [0.2, 0.25) is 0 Å². The molecule has 0 heterocycles. The number of carbonyl (C=O) groups excluding carboxylic acids is 1. The van der Waals surface area contributed by atoms with Crippen molar-refractivity contribution in [1.29, 1.82) is 0 Å². The number of rotatable bonds is 50. The number of carbonyl (C=O) groups is 1. The first kappa shape index (κ1) is 64.9. The average molecular weight is 959 g/mol. The molecule has 0 aliphatic carbocycles. The van der Waals surface area contributed by atoms with Crippen LogP contribution >= 0.6 is 7.82 Å². The highest BCUT2D eigenvalue weighted by molar-refractivity contribution is 7.45. The molecule has 0 spiro atoms. The monoisotopic (exact) mass is 959 g/mol. The fourth-order valence-corrected chi connectivity index (χ4v) is 8.44. The fraction of sp³-hybridized carbons (Fsp3) is 0.776. The minimum Gasteiger partial charge on any atom is -0.756 e. The van der Waals surface area contributed by atoms with E-state index in [2.05, 4.69) is 79.9 Å². The van der Waals surface area contributed by atoms with Gasteiger partial charge in [-0.3, -0.25) is 9.36 Å². The lowest BCUT2D eigenvalue weighted by molar-refractivity contribution is -0.870. The largest absolute Gasteiger partial charge is 0.756 e. The first-order chi connectivity index (χ1) is 32.5. The van der Waals surface area contributed by atoms with E-state index >= 15 is 0 Å². The van der Waals surface area contributed by atoms with Crippen molar-refractivity contribution in [1.82, 2.24) is 5.32 Å². The Morgan fingerprint density at radius 3 is 1.31 bits per heavy atom. The molecule has 0 rings (SSSR count). The summed E-state index contributed by atoms with van der Waals surface area (Å²) in [6.45, 7) is 4.60. The molecule has 0 bridgehead atoms. The van der Waals surface area contributed by atoms with Gasteiger partial charge in [-0.05, 0) is 83.5 Å². The molecule has 0 aliphatic heterocycles. The molecule has 0 saturated heterocycles. The van der Waals surface area contributed by atoms with Crippen molar-refractivity contribution < 1.29 is 32.9 Å². The first-order valence-corrected chi connectivity index (χ1v) is 29.3. The summed E-state index contributed by atoms with van der Waals surface area (Å²) < 4.78 is 23.3. The van der Waals surface area contributed by atoms with Crippen molar-refractivity contribution in [2.45, 2.75) is 251 Å². The van der Waals surface area contributed by atoms with Gasteiger partial charge >= 0.3 is 0 Å². The highest BCUT2D eigenvalue weighted by Crippen LogP contribution is 2.38. The van der Waals surface area contributed by atoms with Crippen molar-refractivity contribution >= 4 is 13.7 Å². The second kappa shape index (κ2) is 48.9. The van der Waals surface area contributed by atoms with Crippen LogP contribution in [0.5, 0.6) is 0 Å². The summed E-state index contributed by atoms with van der Waals surface area (Å²) >= 11 is 0. The van der Waals surface area contributed by atoms with Crippen LogP contribution in [-0.4, -0.2) is 68.5 Å². The van der Waals surface area contributed by atoms with Crippen molar-refractivity contribution in [3.63, 3.8) is 0 Å². The van der Waals surface area contributed by atoms with Crippen LogP contribution in [0, 0.1) is 0 Å². The second-order valence-corrected chi connectivity index (χ2v) is 21.3. The topological polar surface area (TPSA) is 108 Å². The van der Waals surface area contributed by atoms with Crippen LogP contribution < -0.4 is 10.2 Å². The van der Waals surface area contributed by atoms with E-state index < -0.39 is 26.6 Å². The quantitative estimate of drug-likeness (QED) is 0.0272. The molecule has 1 amide bonds. The highest BCUT2D eigenvalue weighted by atomic mass is 31.2. The number of amides is 1. The summed E-state index contributed by atoms with van der Waals surface area (Å²) in [5, 5.41) is 13.8. The smallest absolute Gasteiger partial charge is 0.268 e. The molecule has 0 aromatic carbocycles. The molecule has 67 heavy (non-hydrogen) atoms. The maximum Gasteiger partial charge on any atom is 0.268 e. The number of allylic oxidation sites excluding steroid dienone is 11. The molecule has 8 nitrogen and oxygen atoms in total. The number of phosphoric acid groups is 1. The number of aliphatic hydroxyl groups excluding tert-OH is 1. The Bertz CT molecular complexity index is 1320. The van der Waals surface area contributed by atoms with E-state index in [1.165, 1.54) is 161 Å². The molecule has 0 fully saturated rings. The molecule has 0 radical (unpaired) electrons. The predicted octanol–water partition coefficient (Wildman–Crippen LogP) is 16.1. The average Bonchev–Trinajstić information content (AvgIpc) is 3.29. The predicted molar refractivity (Wildman–Crippen MR) is 288 cm³/mol. The summed E-state index contributed by atoms with van der Waals surface area (Å²) in [6.07, 6.45) is 66.9. The third-order valence-electron chi connectivity index (χ3n) is 12.1. The summed E-state index contributed by atoms with van der Waals surface area (Å²) in [6, 6.07) is -0.913. The summed E-state index contributed by atoms with van der Waals surface area (Å²) in [5.41, 5.74) is 0. The Morgan fingerprint density at radius 1 is 0.522 bits per heavy atom. The molecule has 390 valence electrons. The zero-order valence-corrected chi connectivity index (χ0v) is 45.2. The standard InChI is InChI=1S/C58H107N2O6P/c1-6-8-10-12-14-16-18-20-22-24-25-26-27-28-29-30-31-32-33-34-35-36-38-40-42-44-46-48-50-52-58(62)59-56(55-66-67(63,64)65-54-53-60(3,4)5)57(61)51-49-47-45-43-41-39-37-23-21-19-17-15-13-11-9-7-2/h18,20-21,23-25,27-28,41,43,49,51,56-57,61H,6-17,19,22,26,29-40,42,44-48,50,52-55H2,1-5H3,(H-,59,62,63,64)/b20-18-,23-21+,25-24-,28-27-,43-41+,51-49+. The minimum absolute atomic E-state index is 0.0113. The van der Waals surface area contributed by atoms with Crippen molar-refractivity contribution in [3.05, 3.63) is 72.9 Å². The second-order valence-electron chi connectivity index (χ2n) is 19.9. The summed E-state index contributed by atoms with van der Waals surface area (Å²) in [4.78, 5) is 25.4. The normalized spacial score (nSPS) is 14.6. The Balaban J connectivity index is 4.21. The van der Waals surface area contributed by atoms with Gasteiger partial charge in [0.15, 0.2) is 0 Å². The molecule has 2 N–H and O–H groups in total. The number of hydrogen-bond donors (Lipinski definition) is 2. The van der Waals surface area contributed by atoms with Crippen LogP contribution in [0.1, 0.15) is 239 Å². The molecular formula is C58H107N2O6P. The molecular weight excluding hydrogens is 852 g/mol. The first-order valence-electron chi connectivity index (χ1n) is 27.8. The lowest BCUT2D eigenvalue weighted by Crippen LogP contribution is -2.45. The third-order valence-corrected chi connectivity index (χ3v) is 13.1. The molecule has 0 aliphatic rings. The van der Waals surface area contributed by atoms with Gasteiger partial charge in [-0.2, -0.15) is 0 Å². The fourth-order valence-electron chi connectivity index (χ4n) is 7.72. The number of aliphatic hydroxyl groups is 1. The Labute approximate surface area is 414 Å². The van der Waals surface area contributed by atoms with E-state index in [0.717, 1.165) is 57.8 Å². The van der Waals surface area contributed by atoms with Crippen molar-refractivity contribution in [3.8, 4) is 0 Å². The van der Waals surface area contributed by atoms with Crippen molar-refractivity contribution in [2.75, 3.05) is 40.9 Å². The number of phosphoric ester groups is 1. The molecule has 0 saturated carbocycles. The number of unbranched alkanes of at least 4 members (excludes halogenated alkanes) is 27. The van der Waals surface area contributed by atoms with Gasteiger partial charge in [0, 0.05) is 6.42 Å². The Hall–Kier alpha value is -2.06. The molecule has 3 atom stereocenters. The lowest BCUT2D eigenvalue weighted by Gasteiger charge is -2.29. The maximum atomic E-state index is 12.9. The summed E-state index contributed by atoms with van der Waals surface area (Å²) in [7, 11) is 1.23. The van der Waals surface area contributed by atoms with Gasteiger partial charge in [0.05, 0.1) is 39.9 Å². The minimum atomic E-state index is -4.61. The number of nitrogens with one attached hydrogen (secondary N) is 1. The number of hydrogen-bond acceptors (Lipinski definition) is 6. The summed E-state index contributed by atoms with van der Waals surface area (Å²) in [5.74, 6) is -0.214. The molecule has 3 unspecified atom stereocenters. The zero-order chi connectivity index (χ0) is 49.2. The Morgan fingerprint density at radius 2 is 0.881 bits per heavy atom. The van der Waals surface area contributed by atoms with Gasteiger partial charge in [-0.1, -0.05) is 222 Å². The van der Waals surface area contributed by atoms with E-state index in [4.69, 9.17) is 9.05 Å². The van der Waals surface area contributed by atoms with Gasteiger partial charge in [0.1, 0.15) is 13.2 Å². The zero-order valence-electron chi connectivity index (χ0n) is 44.3. The van der Waals surface area contributed by atoms with Gasteiger partial charge < -0.3 is 28.8 Å². The van der Waals surface area contributed by atoms with E-state index in [9.17, 15) is 19.4 Å². The lowest BCUT2D eigenvalue weighted by atomic mass is 10.0. The third kappa shape index (κ3) is 51.6. The van der Waals surface area contributed by atoms with E-state index in [1.807, 2.05) is 27.2 Å². The van der Waals surface area contributed by atoms with E-state index in [0.29, 0.717) is 17.4 Å². The van der Waals surface area contributed by atoms with Gasteiger partial charge in [-0.15, -0.1) is 0 Å². The van der Waals surface area contributed by atoms with E-state index in [-0.39, 0.29) is 12.5 Å². The van der Waals surface area contributed by atoms with Gasteiger partial charge in [0.25, 0.3) is 7.82 Å². The molecule has 0 aromatic heterocycles. The Kier molecular flexibility index (Phi) is 47.4. The van der Waals surface area contributed by atoms with Crippen LogP contribution in [0.25, 0.3) is 0 Å². The van der Waals surface area contributed by atoms with Crippen molar-refractivity contribution in [2.24, 2.45) is 0 Å². The van der Waals surface area contributed by atoms with Crippen LogP contribution in [-0.2, 0) is 18.4 Å². The SMILES string of the molecule is CCCCCCC/C=C\C/C=C\C/C=C\CCCCCCCCCCCCCCCCC(=O)NC(COP(=O)([O-])OCC[N+](C)(C)C)C(O)/C=C/CC/C=C/CC/C=C/CCCCCCCC. The van der Waals surface area contributed by atoms with Crippen LogP contribution in [0.3, 0.4) is 0 Å². The number of nitrogens with zero attached hydrogens (tertiary/aromatic N) is 1. The van der Waals surface area contributed by atoms with E-state index in [1.54, 1.807) is 6.08 Å². The number of quaternary nitrogens is 1. The number of likely N-dealkylation sites (N-methyl/N-ethyl adjacent to an activating group) is 1. The molecule has 9 heteroatoms. The van der Waals surface area contributed by atoms with Crippen LogP contribution in [0.4, 0.5) is 0 Å². The van der Waals surface area contributed by atoms with Gasteiger partial charge in [0.2, 0.25) is 5.91 Å². The van der Waals surface area contributed by atoms with Gasteiger partial charge in [-0.25, -0.2) is 0 Å². The van der Waals surface area contributed by atoms with Crippen LogP contribution in [0.15, 0.2) is 72.9 Å². The molecule has 0 aromatic rings.